The maximum atomic E-state index is 12.6. The summed E-state index contributed by atoms with van der Waals surface area (Å²) in [5.41, 5.74) is 4.98. The van der Waals surface area contributed by atoms with E-state index in [0.29, 0.717) is 17.6 Å². The number of rotatable bonds is 5. The van der Waals surface area contributed by atoms with Crippen molar-refractivity contribution in [3.05, 3.63) is 77.1 Å². The van der Waals surface area contributed by atoms with E-state index >= 15 is 0 Å². The summed E-state index contributed by atoms with van der Waals surface area (Å²) in [6, 6.07) is 17.5. The fourth-order valence-corrected chi connectivity index (χ4v) is 2.72. The van der Waals surface area contributed by atoms with Crippen LogP contribution in [0.1, 0.15) is 47.1 Å². The molecule has 138 valence electrons. The molecule has 0 bridgehead atoms. The first kappa shape index (κ1) is 18.6. The molecular formula is C22H24N4O. The number of carbonyl (C=O) groups is 1. The van der Waals surface area contributed by atoms with Crippen molar-refractivity contribution in [2.75, 3.05) is 10.6 Å². The molecule has 3 rings (SSSR count). The molecule has 3 aromatic rings. The van der Waals surface area contributed by atoms with Crippen molar-refractivity contribution in [1.82, 2.24) is 9.97 Å². The number of carbonyl (C=O) groups excluding carboxylic acids is 1. The second kappa shape index (κ2) is 7.99. The monoisotopic (exact) mass is 360 g/mol. The van der Waals surface area contributed by atoms with Gasteiger partial charge in [0.1, 0.15) is 5.69 Å². The van der Waals surface area contributed by atoms with Crippen LogP contribution in [0.4, 0.5) is 17.3 Å². The summed E-state index contributed by atoms with van der Waals surface area (Å²) in [5, 5.41) is 6.09. The Labute approximate surface area is 159 Å². The summed E-state index contributed by atoms with van der Waals surface area (Å²) < 4.78 is 0. The van der Waals surface area contributed by atoms with Gasteiger partial charge in [0.25, 0.3) is 5.91 Å². The first-order valence-corrected chi connectivity index (χ1v) is 9.02. The normalized spacial score (nSPS) is 10.7. The Hall–Kier alpha value is -3.21. The second-order valence-corrected chi connectivity index (χ2v) is 6.89. The molecule has 2 N–H and O–H groups in total. The third-order valence-corrected chi connectivity index (χ3v) is 4.31. The zero-order valence-corrected chi connectivity index (χ0v) is 16.1. The van der Waals surface area contributed by atoms with Crippen LogP contribution in [0.5, 0.6) is 0 Å². The van der Waals surface area contributed by atoms with Crippen molar-refractivity contribution in [1.29, 1.82) is 0 Å². The highest BCUT2D eigenvalue weighted by Crippen LogP contribution is 2.20. The smallest absolute Gasteiger partial charge is 0.274 e. The lowest BCUT2D eigenvalue weighted by Crippen LogP contribution is -2.16. The first-order valence-electron chi connectivity index (χ1n) is 9.02. The molecule has 0 aliphatic rings. The third kappa shape index (κ3) is 4.70. The van der Waals surface area contributed by atoms with Gasteiger partial charge in [0.15, 0.2) is 0 Å². The average molecular weight is 360 g/mol. The van der Waals surface area contributed by atoms with Crippen molar-refractivity contribution in [2.45, 2.75) is 33.6 Å². The summed E-state index contributed by atoms with van der Waals surface area (Å²) in [6.07, 6.45) is 0. The third-order valence-electron chi connectivity index (χ3n) is 4.31. The second-order valence-electron chi connectivity index (χ2n) is 6.89. The van der Waals surface area contributed by atoms with Crippen molar-refractivity contribution < 1.29 is 4.79 Å². The predicted molar refractivity (Wildman–Crippen MR) is 110 cm³/mol. The van der Waals surface area contributed by atoms with Crippen LogP contribution in [0.25, 0.3) is 0 Å². The molecule has 5 nitrogen and oxygen atoms in total. The van der Waals surface area contributed by atoms with Gasteiger partial charge in [-0.15, -0.1) is 0 Å². The van der Waals surface area contributed by atoms with Crippen molar-refractivity contribution in [3.8, 4) is 0 Å². The Bertz CT molecular complexity index is 949. The highest BCUT2D eigenvalue weighted by atomic mass is 16.1. The van der Waals surface area contributed by atoms with Crippen LogP contribution in [-0.4, -0.2) is 15.9 Å². The largest absolute Gasteiger partial charge is 0.324 e. The molecule has 0 aliphatic heterocycles. The number of nitrogens with zero attached hydrogens (tertiary/aromatic N) is 2. The predicted octanol–water partition coefficient (Wildman–Crippen LogP) is 5.21. The van der Waals surface area contributed by atoms with Gasteiger partial charge in [-0.1, -0.05) is 44.2 Å². The zero-order chi connectivity index (χ0) is 19.4. The number of benzene rings is 2. The molecule has 1 aromatic heterocycles. The van der Waals surface area contributed by atoms with E-state index in [1.54, 1.807) is 6.07 Å². The molecule has 0 atom stereocenters. The lowest BCUT2D eigenvalue weighted by Gasteiger charge is -2.11. The molecule has 2 aromatic carbocycles. The average Bonchev–Trinajstić information content (AvgIpc) is 2.63. The summed E-state index contributed by atoms with van der Waals surface area (Å²) in [7, 11) is 0. The summed E-state index contributed by atoms with van der Waals surface area (Å²) in [6.45, 7) is 8.12. The molecule has 5 heteroatoms. The lowest BCUT2D eigenvalue weighted by molar-refractivity contribution is 0.102. The van der Waals surface area contributed by atoms with Crippen molar-refractivity contribution >= 4 is 23.2 Å². The van der Waals surface area contributed by atoms with Gasteiger partial charge in [-0.05, 0) is 55.2 Å². The van der Waals surface area contributed by atoms with E-state index < -0.39 is 0 Å². The fraction of sp³-hybridized carbons (Fsp3) is 0.227. The number of anilines is 3. The van der Waals surface area contributed by atoms with Crippen LogP contribution in [0, 0.1) is 13.8 Å². The minimum atomic E-state index is -0.256. The number of amides is 1. The molecule has 0 fully saturated rings. The lowest BCUT2D eigenvalue weighted by atomic mass is 10.0. The zero-order valence-electron chi connectivity index (χ0n) is 16.1. The van der Waals surface area contributed by atoms with Crippen molar-refractivity contribution in [2.24, 2.45) is 0 Å². The van der Waals surface area contributed by atoms with Crippen LogP contribution >= 0.6 is 0 Å². The van der Waals surface area contributed by atoms with Gasteiger partial charge in [-0.25, -0.2) is 9.97 Å². The van der Waals surface area contributed by atoms with Gasteiger partial charge in [-0.3, -0.25) is 4.79 Å². The molecule has 0 saturated heterocycles. The minimum absolute atomic E-state index is 0.256. The van der Waals surface area contributed by atoms with Crippen LogP contribution < -0.4 is 10.6 Å². The van der Waals surface area contributed by atoms with E-state index in [-0.39, 0.29) is 5.91 Å². The van der Waals surface area contributed by atoms with E-state index in [0.717, 1.165) is 22.6 Å². The maximum absolute atomic E-state index is 12.6. The van der Waals surface area contributed by atoms with E-state index in [1.165, 1.54) is 5.56 Å². The van der Waals surface area contributed by atoms with E-state index in [9.17, 15) is 4.79 Å². The molecule has 0 saturated carbocycles. The molecule has 1 heterocycles. The number of nitrogens with one attached hydrogen (secondary N) is 2. The van der Waals surface area contributed by atoms with Gasteiger partial charge in [0.2, 0.25) is 5.95 Å². The molecular weight excluding hydrogens is 336 g/mol. The molecule has 27 heavy (non-hydrogen) atoms. The van der Waals surface area contributed by atoms with Crippen LogP contribution in [-0.2, 0) is 0 Å². The maximum Gasteiger partial charge on any atom is 0.274 e. The van der Waals surface area contributed by atoms with Crippen molar-refractivity contribution in [3.63, 3.8) is 0 Å². The Morgan fingerprint density at radius 2 is 1.67 bits per heavy atom. The molecule has 0 radical (unpaired) electrons. The summed E-state index contributed by atoms with van der Waals surface area (Å²) in [4.78, 5) is 21.4. The van der Waals surface area contributed by atoms with Crippen LogP contribution in [0.15, 0.2) is 54.6 Å². The van der Waals surface area contributed by atoms with E-state index in [4.69, 9.17) is 0 Å². The Morgan fingerprint density at radius 3 is 2.33 bits per heavy atom. The van der Waals surface area contributed by atoms with Gasteiger partial charge in [-0.2, -0.15) is 0 Å². The molecule has 0 aliphatic carbocycles. The van der Waals surface area contributed by atoms with E-state index in [2.05, 4.69) is 46.6 Å². The Morgan fingerprint density at radius 1 is 0.963 bits per heavy atom. The Balaban J connectivity index is 1.79. The molecule has 1 amide bonds. The Kier molecular flexibility index (Phi) is 5.50. The standard InChI is InChI=1S/C22H24N4O/c1-14(2)17-9-11-18(12-10-17)24-22-23-16(4)13-20(26-22)21(27)25-19-8-6-5-7-15(19)3/h5-14H,1-4H3,(H,25,27)(H,23,24,26). The SMILES string of the molecule is Cc1cc(C(=O)Nc2ccccc2C)nc(Nc2ccc(C(C)C)cc2)n1. The number of aryl methyl sites for hydroxylation is 2. The topological polar surface area (TPSA) is 66.9 Å². The number of para-hydroxylation sites is 1. The number of hydrogen-bond acceptors (Lipinski definition) is 4. The summed E-state index contributed by atoms with van der Waals surface area (Å²) in [5.74, 6) is 0.626. The minimum Gasteiger partial charge on any atom is -0.324 e. The highest BCUT2D eigenvalue weighted by Gasteiger charge is 2.12. The number of hydrogen-bond donors (Lipinski definition) is 2. The first-order chi connectivity index (χ1) is 12.9. The van der Waals surface area contributed by atoms with Crippen LogP contribution in [0.2, 0.25) is 0 Å². The number of aromatic nitrogens is 2. The summed E-state index contributed by atoms with van der Waals surface area (Å²) >= 11 is 0. The fourth-order valence-electron chi connectivity index (χ4n) is 2.72. The van der Waals surface area contributed by atoms with E-state index in [1.807, 2.05) is 50.2 Å². The van der Waals surface area contributed by atoms with Gasteiger partial charge in [0, 0.05) is 17.1 Å². The van der Waals surface area contributed by atoms with Gasteiger partial charge in [0.05, 0.1) is 0 Å². The molecule has 0 unspecified atom stereocenters. The van der Waals surface area contributed by atoms with Gasteiger partial charge < -0.3 is 10.6 Å². The highest BCUT2D eigenvalue weighted by molar-refractivity contribution is 6.03. The quantitative estimate of drug-likeness (QED) is 0.655. The van der Waals surface area contributed by atoms with Gasteiger partial charge >= 0.3 is 0 Å². The molecule has 0 spiro atoms. The van der Waals surface area contributed by atoms with Crippen LogP contribution in [0.3, 0.4) is 0 Å².